The highest BCUT2D eigenvalue weighted by Gasteiger charge is 2.21. The Morgan fingerprint density at radius 1 is 1.32 bits per heavy atom. The fourth-order valence-electron chi connectivity index (χ4n) is 3.23. The lowest BCUT2D eigenvalue weighted by atomic mass is 9.89. The van der Waals surface area contributed by atoms with Gasteiger partial charge in [0.1, 0.15) is 0 Å². The van der Waals surface area contributed by atoms with Crippen LogP contribution in [0.15, 0.2) is 24.3 Å². The minimum Gasteiger partial charge on any atom is -0.371 e. The molecule has 1 N–H and O–H groups in total. The maximum Gasteiger partial charge on any atom is 0.0949 e. The van der Waals surface area contributed by atoms with Crippen molar-refractivity contribution in [1.82, 2.24) is 10.2 Å². The molecule has 3 nitrogen and oxygen atoms in total. The second-order valence-electron chi connectivity index (χ2n) is 5.84. The van der Waals surface area contributed by atoms with Crippen molar-refractivity contribution in [3.05, 3.63) is 35.4 Å². The number of benzene rings is 1. The van der Waals surface area contributed by atoms with Gasteiger partial charge in [0.05, 0.1) is 12.7 Å². The van der Waals surface area contributed by atoms with Gasteiger partial charge in [-0.3, -0.25) is 0 Å². The van der Waals surface area contributed by atoms with Crippen molar-refractivity contribution in [3.8, 4) is 0 Å². The standard InChI is InChI=1S/C16H24N2O/c1-18-8-3-6-15(12-18)13-4-2-5-14(10-13)16-11-17-7-9-19-16/h2,4-5,10,15-17H,3,6-9,11-12H2,1H3. The lowest BCUT2D eigenvalue weighted by molar-refractivity contribution is 0.0276. The summed E-state index contributed by atoms with van der Waals surface area (Å²) < 4.78 is 5.85. The van der Waals surface area contributed by atoms with Gasteiger partial charge in [-0.2, -0.15) is 0 Å². The van der Waals surface area contributed by atoms with Gasteiger partial charge in [-0.05, 0) is 43.5 Å². The Hall–Kier alpha value is -0.900. The SMILES string of the molecule is CN1CCCC(c2cccc(C3CNCCO3)c2)C1. The highest BCUT2D eigenvalue weighted by molar-refractivity contribution is 5.29. The van der Waals surface area contributed by atoms with Gasteiger partial charge in [0.15, 0.2) is 0 Å². The van der Waals surface area contributed by atoms with Crippen molar-refractivity contribution in [1.29, 1.82) is 0 Å². The number of ether oxygens (including phenoxy) is 1. The van der Waals surface area contributed by atoms with Gasteiger partial charge < -0.3 is 15.0 Å². The van der Waals surface area contributed by atoms with E-state index in [1.807, 2.05) is 0 Å². The van der Waals surface area contributed by atoms with Crippen molar-refractivity contribution in [2.75, 3.05) is 39.8 Å². The third-order valence-electron chi connectivity index (χ3n) is 4.31. The van der Waals surface area contributed by atoms with Crippen LogP contribution in [0.5, 0.6) is 0 Å². The lowest BCUT2D eigenvalue weighted by Crippen LogP contribution is -2.33. The molecule has 2 aliphatic rings. The Balaban J connectivity index is 1.75. The van der Waals surface area contributed by atoms with Crippen LogP contribution in [-0.4, -0.2) is 44.7 Å². The Morgan fingerprint density at radius 3 is 3.00 bits per heavy atom. The molecule has 19 heavy (non-hydrogen) atoms. The first kappa shape index (κ1) is 13.1. The van der Waals surface area contributed by atoms with E-state index in [1.165, 1.54) is 37.1 Å². The van der Waals surface area contributed by atoms with E-state index in [4.69, 9.17) is 4.74 Å². The third-order valence-corrected chi connectivity index (χ3v) is 4.31. The third kappa shape index (κ3) is 3.16. The van der Waals surface area contributed by atoms with Crippen LogP contribution < -0.4 is 5.32 Å². The highest BCUT2D eigenvalue weighted by Crippen LogP contribution is 2.29. The zero-order valence-electron chi connectivity index (χ0n) is 11.8. The van der Waals surface area contributed by atoms with Crippen molar-refractivity contribution < 1.29 is 4.74 Å². The maximum absolute atomic E-state index is 5.85. The van der Waals surface area contributed by atoms with Crippen molar-refractivity contribution in [2.24, 2.45) is 0 Å². The topological polar surface area (TPSA) is 24.5 Å². The van der Waals surface area contributed by atoms with Gasteiger partial charge >= 0.3 is 0 Å². The summed E-state index contributed by atoms with van der Waals surface area (Å²) in [6.45, 7) is 5.16. The molecule has 0 aliphatic carbocycles. The number of piperidine rings is 1. The number of nitrogens with zero attached hydrogens (tertiary/aromatic N) is 1. The van der Waals surface area contributed by atoms with Gasteiger partial charge in [-0.1, -0.05) is 24.3 Å². The van der Waals surface area contributed by atoms with Crippen LogP contribution in [0.4, 0.5) is 0 Å². The monoisotopic (exact) mass is 260 g/mol. The summed E-state index contributed by atoms with van der Waals surface area (Å²) in [5.74, 6) is 0.690. The molecule has 104 valence electrons. The molecule has 0 saturated carbocycles. The zero-order valence-corrected chi connectivity index (χ0v) is 11.8. The quantitative estimate of drug-likeness (QED) is 0.882. The van der Waals surface area contributed by atoms with Crippen LogP contribution in [0, 0.1) is 0 Å². The molecule has 0 bridgehead atoms. The number of likely N-dealkylation sites (N-methyl/N-ethyl adjacent to an activating group) is 1. The predicted octanol–water partition coefficient (Wildman–Crippen LogP) is 2.16. The molecule has 2 heterocycles. The van der Waals surface area contributed by atoms with Gasteiger partial charge in [0.2, 0.25) is 0 Å². The molecule has 1 aromatic rings. The first-order chi connectivity index (χ1) is 9.33. The van der Waals surface area contributed by atoms with E-state index >= 15 is 0 Å². The first-order valence-electron chi connectivity index (χ1n) is 7.43. The summed E-state index contributed by atoms with van der Waals surface area (Å²) in [7, 11) is 2.23. The first-order valence-corrected chi connectivity index (χ1v) is 7.43. The molecule has 2 aliphatic heterocycles. The lowest BCUT2D eigenvalue weighted by Gasteiger charge is -2.31. The summed E-state index contributed by atoms with van der Waals surface area (Å²) in [4.78, 5) is 2.44. The van der Waals surface area contributed by atoms with Crippen LogP contribution >= 0.6 is 0 Å². The number of hydrogen-bond donors (Lipinski definition) is 1. The fraction of sp³-hybridized carbons (Fsp3) is 0.625. The Morgan fingerprint density at radius 2 is 2.21 bits per heavy atom. The van der Waals surface area contributed by atoms with E-state index in [-0.39, 0.29) is 6.10 Å². The van der Waals surface area contributed by atoms with Gasteiger partial charge in [0.25, 0.3) is 0 Å². The summed E-state index contributed by atoms with van der Waals surface area (Å²) in [6, 6.07) is 9.04. The molecule has 0 radical (unpaired) electrons. The Bertz CT molecular complexity index is 415. The van der Waals surface area contributed by atoms with Gasteiger partial charge in [-0.25, -0.2) is 0 Å². The molecule has 2 atom stereocenters. The van der Waals surface area contributed by atoms with Crippen LogP contribution in [0.25, 0.3) is 0 Å². The van der Waals surface area contributed by atoms with E-state index in [0.29, 0.717) is 5.92 Å². The molecule has 3 heteroatoms. The van der Waals surface area contributed by atoms with E-state index in [2.05, 4.69) is 41.5 Å². The summed E-state index contributed by atoms with van der Waals surface area (Å²) in [5.41, 5.74) is 2.82. The number of nitrogens with one attached hydrogen (secondary N) is 1. The average Bonchev–Trinajstić information content (AvgIpc) is 2.48. The molecule has 2 fully saturated rings. The number of morpholine rings is 1. The van der Waals surface area contributed by atoms with Crippen LogP contribution in [-0.2, 0) is 4.74 Å². The molecule has 2 saturated heterocycles. The van der Waals surface area contributed by atoms with Crippen LogP contribution in [0.2, 0.25) is 0 Å². The second-order valence-corrected chi connectivity index (χ2v) is 5.84. The second kappa shape index (κ2) is 6.04. The molecule has 1 aromatic carbocycles. The van der Waals surface area contributed by atoms with E-state index in [9.17, 15) is 0 Å². The molecule has 2 unspecified atom stereocenters. The van der Waals surface area contributed by atoms with Crippen LogP contribution in [0.3, 0.4) is 0 Å². The molecule has 0 spiro atoms. The summed E-state index contributed by atoms with van der Waals surface area (Å²) in [6.07, 6.45) is 2.86. The smallest absolute Gasteiger partial charge is 0.0949 e. The minimum atomic E-state index is 0.232. The van der Waals surface area contributed by atoms with Crippen LogP contribution in [0.1, 0.15) is 36.0 Å². The summed E-state index contributed by atoms with van der Waals surface area (Å²) >= 11 is 0. The molecule has 3 rings (SSSR count). The largest absolute Gasteiger partial charge is 0.371 e. The fourth-order valence-corrected chi connectivity index (χ4v) is 3.23. The Labute approximate surface area is 115 Å². The normalized spacial score (nSPS) is 29.3. The highest BCUT2D eigenvalue weighted by atomic mass is 16.5. The maximum atomic E-state index is 5.85. The van der Waals surface area contributed by atoms with Gasteiger partial charge in [-0.15, -0.1) is 0 Å². The number of likely N-dealkylation sites (tertiary alicyclic amines) is 1. The Kier molecular flexibility index (Phi) is 4.16. The molecular weight excluding hydrogens is 236 g/mol. The van der Waals surface area contributed by atoms with Gasteiger partial charge in [0, 0.05) is 19.6 Å². The number of hydrogen-bond acceptors (Lipinski definition) is 3. The van der Waals surface area contributed by atoms with Crippen molar-refractivity contribution >= 4 is 0 Å². The minimum absolute atomic E-state index is 0.232. The van der Waals surface area contributed by atoms with Crippen molar-refractivity contribution in [3.63, 3.8) is 0 Å². The van der Waals surface area contributed by atoms with E-state index < -0.39 is 0 Å². The van der Waals surface area contributed by atoms with E-state index in [1.54, 1.807) is 0 Å². The average molecular weight is 260 g/mol. The van der Waals surface area contributed by atoms with E-state index in [0.717, 1.165) is 19.7 Å². The molecular formula is C16H24N2O. The summed E-state index contributed by atoms with van der Waals surface area (Å²) in [5, 5.41) is 3.41. The predicted molar refractivity (Wildman–Crippen MR) is 77.5 cm³/mol. The zero-order chi connectivity index (χ0) is 13.1. The molecule has 0 aromatic heterocycles. The molecule has 0 amide bonds. The number of rotatable bonds is 2. The van der Waals surface area contributed by atoms with Crippen molar-refractivity contribution in [2.45, 2.75) is 24.9 Å².